The molecule has 3 aromatic rings. The summed E-state index contributed by atoms with van der Waals surface area (Å²) in [6, 6.07) is 8.10. The molecule has 0 aliphatic rings. The molecule has 0 bridgehead atoms. The van der Waals surface area contributed by atoms with Crippen LogP contribution in [0.3, 0.4) is 0 Å². The summed E-state index contributed by atoms with van der Waals surface area (Å²) in [6.07, 6.45) is 3.53. The number of H-pyrrole nitrogens is 1. The second-order valence-electron chi connectivity index (χ2n) is 6.90. The SMILES string of the molecule is Cc1[nH]ncc1-c1ccccc1Cn1cc(C(=O)N(C)CCN(C)C)nn1. The molecule has 0 aliphatic carbocycles. The van der Waals surface area contributed by atoms with E-state index in [1.807, 2.05) is 50.3 Å². The monoisotopic (exact) mass is 367 g/mol. The standard InChI is InChI=1S/C19H25N7O/c1-14-17(11-20-21-14)16-8-6-5-7-15(16)12-26-13-18(22-23-26)19(27)25(4)10-9-24(2)3/h5-8,11,13H,9-10,12H2,1-4H3,(H,20,21). The molecule has 0 fully saturated rings. The molecule has 8 heteroatoms. The number of benzene rings is 1. The topological polar surface area (TPSA) is 82.9 Å². The Morgan fingerprint density at radius 1 is 1.15 bits per heavy atom. The lowest BCUT2D eigenvalue weighted by Crippen LogP contribution is -2.33. The molecule has 0 aliphatic heterocycles. The van der Waals surface area contributed by atoms with Crippen LogP contribution in [0.5, 0.6) is 0 Å². The highest BCUT2D eigenvalue weighted by Gasteiger charge is 2.16. The van der Waals surface area contributed by atoms with Crippen molar-refractivity contribution in [3.05, 3.63) is 53.6 Å². The first-order chi connectivity index (χ1) is 13.0. The van der Waals surface area contributed by atoms with Gasteiger partial charge in [-0.05, 0) is 32.1 Å². The van der Waals surface area contributed by atoms with E-state index in [0.717, 1.165) is 28.9 Å². The van der Waals surface area contributed by atoms with E-state index < -0.39 is 0 Å². The predicted molar refractivity (Wildman–Crippen MR) is 103 cm³/mol. The van der Waals surface area contributed by atoms with Crippen molar-refractivity contribution >= 4 is 5.91 Å². The Morgan fingerprint density at radius 2 is 1.93 bits per heavy atom. The number of carbonyl (C=O) groups excluding carboxylic acids is 1. The van der Waals surface area contributed by atoms with E-state index in [9.17, 15) is 4.79 Å². The number of aromatic amines is 1. The first kappa shape index (κ1) is 18.8. The van der Waals surface area contributed by atoms with E-state index in [0.29, 0.717) is 18.8 Å². The third-order valence-electron chi connectivity index (χ3n) is 4.46. The van der Waals surface area contributed by atoms with Crippen molar-refractivity contribution in [1.29, 1.82) is 0 Å². The molecule has 0 unspecified atom stereocenters. The van der Waals surface area contributed by atoms with Gasteiger partial charge in [0.15, 0.2) is 5.69 Å². The lowest BCUT2D eigenvalue weighted by molar-refractivity contribution is 0.0780. The molecule has 2 aromatic heterocycles. The minimum absolute atomic E-state index is 0.123. The molecule has 3 rings (SSSR count). The molecule has 0 radical (unpaired) electrons. The van der Waals surface area contributed by atoms with Crippen molar-refractivity contribution in [2.24, 2.45) is 0 Å². The van der Waals surface area contributed by atoms with Crippen LogP contribution in [0.15, 0.2) is 36.7 Å². The first-order valence-electron chi connectivity index (χ1n) is 8.84. The second-order valence-corrected chi connectivity index (χ2v) is 6.90. The Hall–Kier alpha value is -3.00. The number of nitrogens with zero attached hydrogens (tertiary/aromatic N) is 6. The van der Waals surface area contributed by atoms with Crippen LogP contribution in [0.25, 0.3) is 11.1 Å². The highest BCUT2D eigenvalue weighted by atomic mass is 16.2. The molecular formula is C19H25N7O. The fourth-order valence-corrected chi connectivity index (χ4v) is 2.84. The molecule has 0 spiro atoms. The van der Waals surface area contributed by atoms with Crippen molar-refractivity contribution < 1.29 is 4.79 Å². The number of likely N-dealkylation sites (N-methyl/N-ethyl adjacent to an activating group) is 2. The Balaban J connectivity index is 1.75. The van der Waals surface area contributed by atoms with Crippen LogP contribution in [-0.2, 0) is 6.54 Å². The fourth-order valence-electron chi connectivity index (χ4n) is 2.84. The number of nitrogens with one attached hydrogen (secondary N) is 1. The number of amides is 1. The van der Waals surface area contributed by atoms with Gasteiger partial charge in [0.05, 0.1) is 18.9 Å². The van der Waals surface area contributed by atoms with E-state index >= 15 is 0 Å². The molecule has 1 amide bonds. The maximum atomic E-state index is 12.5. The van der Waals surface area contributed by atoms with E-state index in [2.05, 4.69) is 26.6 Å². The van der Waals surface area contributed by atoms with E-state index in [1.54, 1.807) is 22.8 Å². The van der Waals surface area contributed by atoms with Crippen molar-refractivity contribution in [3.63, 3.8) is 0 Å². The highest BCUT2D eigenvalue weighted by Crippen LogP contribution is 2.25. The number of carbonyl (C=O) groups is 1. The summed E-state index contributed by atoms with van der Waals surface area (Å²) >= 11 is 0. The summed E-state index contributed by atoms with van der Waals surface area (Å²) in [6.45, 7) is 3.96. The van der Waals surface area contributed by atoms with Crippen LogP contribution >= 0.6 is 0 Å². The third-order valence-corrected chi connectivity index (χ3v) is 4.46. The zero-order valence-electron chi connectivity index (χ0n) is 16.2. The van der Waals surface area contributed by atoms with Gasteiger partial charge in [0.1, 0.15) is 0 Å². The van der Waals surface area contributed by atoms with E-state index in [4.69, 9.17) is 0 Å². The quantitative estimate of drug-likeness (QED) is 0.687. The molecular weight excluding hydrogens is 342 g/mol. The number of aryl methyl sites for hydroxylation is 1. The van der Waals surface area contributed by atoms with Gasteiger partial charge in [0.25, 0.3) is 5.91 Å². The highest BCUT2D eigenvalue weighted by molar-refractivity contribution is 5.91. The van der Waals surface area contributed by atoms with Gasteiger partial charge in [0.2, 0.25) is 0 Å². The summed E-state index contributed by atoms with van der Waals surface area (Å²) in [7, 11) is 5.74. The van der Waals surface area contributed by atoms with Crippen LogP contribution < -0.4 is 0 Å². The summed E-state index contributed by atoms with van der Waals surface area (Å²) in [4.78, 5) is 16.2. The second kappa shape index (κ2) is 8.13. The van der Waals surface area contributed by atoms with Crippen LogP contribution in [0, 0.1) is 6.92 Å². The number of hydrogen-bond donors (Lipinski definition) is 1. The lowest BCUT2D eigenvalue weighted by atomic mass is 10.0. The van der Waals surface area contributed by atoms with Gasteiger partial charge in [0, 0.05) is 31.4 Å². The van der Waals surface area contributed by atoms with Gasteiger partial charge in [-0.1, -0.05) is 29.5 Å². The van der Waals surface area contributed by atoms with Crippen LogP contribution in [0.1, 0.15) is 21.7 Å². The Morgan fingerprint density at radius 3 is 2.63 bits per heavy atom. The molecule has 142 valence electrons. The normalized spacial score (nSPS) is 11.1. The molecule has 8 nitrogen and oxygen atoms in total. The van der Waals surface area contributed by atoms with Gasteiger partial charge in [-0.2, -0.15) is 5.10 Å². The summed E-state index contributed by atoms with van der Waals surface area (Å²) in [5.41, 5.74) is 4.61. The van der Waals surface area contributed by atoms with Crippen molar-refractivity contribution in [2.75, 3.05) is 34.2 Å². The van der Waals surface area contributed by atoms with Gasteiger partial charge >= 0.3 is 0 Å². The van der Waals surface area contributed by atoms with Crippen LogP contribution in [0.4, 0.5) is 0 Å². The summed E-state index contributed by atoms with van der Waals surface area (Å²) < 4.78 is 1.70. The zero-order chi connectivity index (χ0) is 19.4. The average Bonchev–Trinajstić information content (AvgIpc) is 3.28. The predicted octanol–water partition coefficient (Wildman–Crippen LogP) is 1.66. The van der Waals surface area contributed by atoms with Gasteiger partial charge < -0.3 is 9.80 Å². The summed E-state index contributed by atoms with van der Waals surface area (Å²) in [5.74, 6) is -0.123. The van der Waals surface area contributed by atoms with Gasteiger partial charge in [-0.3, -0.25) is 9.89 Å². The van der Waals surface area contributed by atoms with E-state index in [1.165, 1.54) is 0 Å². The van der Waals surface area contributed by atoms with Crippen molar-refractivity contribution in [1.82, 2.24) is 35.0 Å². The van der Waals surface area contributed by atoms with Crippen molar-refractivity contribution in [2.45, 2.75) is 13.5 Å². The Bertz CT molecular complexity index is 912. The van der Waals surface area contributed by atoms with E-state index in [-0.39, 0.29) is 5.91 Å². The maximum Gasteiger partial charge on any atom is 0.275 e. The number of rotatable bonds is 7. The molecule has 2 heterocycles. The molecule has 0 saturated heterocycles. The molecule has 0 atom stereocenters. The third kappa shape index (κ3) is 4.40. The minimum Gasteiger partial charge on any atom is -0.339 e. The minimum atomic E-state index is -0.123. The fraction of sp³-hybridized carbons (Fsp3) is 0.368. The molecule has 1 N–H and O–H groups in total. The van der Waals surface area contributed by atoms with Gasteiger partial charge in [-0.15, -0.1) is 5.10 Å². The average molecular weight is 367 g/mol. The molecule has 0 saturated carbocycles. The Labute approximate surface area is 158 Å². The lowest BCUT2D eigenvalue weighted by Gasteiger charge is -2.18. The van der Waals surface area contributed by atoms with Crippen LogP contribution in [-0.4, -0.2) is 75.1 Å². The number of aromatic nitrogens is 5. The Kier molecular flexibility index (Phi) is 5.66. The maximum absolute atomic E-state index is 12.5. The van der Waals surface area contributed by atoms with Gasteiger partial charge in [-0.25, -0.2) is 4.68 Å². The zero-order valence-corrected chi connectivity index (χ0v) is 16.2. The first-order valence-corrected chi connectivity index (χ1v) is 8.84. The summed E-state index contributed by atoms with van der Waals surface area (Å²) in [5, 5.41) is 15.3. The number of hydrogen-bond acceptors (Lipinski definition) is 5. The largest absolute Gasteiger partial charge is 0.339 e. The van der Waals surface area contributed by atoms with Crippen molar-refractivity contribution in [3.8, 4) is 11.1 Å². The smallest absolute Gasteiger partial charge is 0.275 e. The molecule has 27 heavy (non-hydrogen) atoms. The molecule has 1 aromatic carbocycles. The van der Waals surface area contributed by atoms with Crippen LogP contribution in [0.2, 0.25) is 0 Å².